The van der Waals surface area contributed by atoms with Gasteiger partial charge in [0.05, 0.1) is 25.1 Å². The molecule has 2 aromatic carbocycles. The molecule has 7 nitrogen and oxygen atoms in total. The van der Waals surface area contributed by atoms with Crippen molar-refractivity contribution < 1.29 is 22.7 Å². The van der Waals surface area contributed by atoms with Crippen LogP contribution >= 0.6 is 0 Å². The topological polar surface area (TPSA) is 84.9 Å². The first-order chi connectivity index (χ1) is 13.2. The third kappa shape index (κ3) is 6.16. The summed E-state index contributed by atoms with van der Waals surface area (Å²) in [4.78, 5) is 12.4. The minimum atomic E-state index is -3.65. The van der Waals surface area contributed by atoms with E-state index < -0.39 is 15.9 Å². The summed E-state index contributed by atoms with van der Waals surface area (Å²) < 4.78 is 36.3. The SMILES string of the molecule is COc1cccc(N(CC(=O)NC(C)COc2ccccc2C)S(C)(=O)=O)c1. The molecule has 0 radical (unpaired) electrons. The summed E-state index contributed by atoms with van der Waals surface area (Å²) in [6.07, 6.45) is 1.06. The molecule has 28 heavy (non-hydrogen) atoms. The van der Waals surface area contributed by atoms with Crippen LogP contribution in [-0.2, 0) is 14.8 Å². The van der Waals surface area contributed by atoms with E-state index >= 15 is 0 Å². The molecule has 8 heteroatoms. The lowest BCUT2D eigenvalue weighted by Gasteiger charge is -2.23. The zero-order valence-electron chi connectivity index (χ0n) is 16.5. The molecule has 0 aromatic heterocycles. The van der Waals surface area contributed by atoms with Crippen LogP contribution < -0.4 is 19.1 Å². The van der Waals surface area contributed by atoms with Gasteiger partial charge in [-0.25, -0.2) is 8.42 Å². The van der Waals surface area contributed by atoms with Gasteiger partial charge in [0.2, 0.25) is 15.9 Å². The van der Waals surface area contributed by atoms with Crippen LogP contribution in [0.1, 0.15) is 12.5 Å². The molecule has 152 valence electrons. The lowest BCUT2D eigenvalue weighted by molar-refractivity contribution is -0.120. The van der Waals surface area contributed by atoms with Gasteiger partial charge in [-0.2, -0.15) is 0 Å². The molecule has 2 rings (SSSR count). The Bertz CT molecular complexity index is 914. The van der Waals surface area contributed by atoms with Gasteiger partial charge >= 0.3 is 0 Å². The number of benzene rings is 2. The van der Waals surface area contributed by atoms with Crippen LogP contribution in [0.25, 0.3) is 0 Å². The zero-order chi connectivity index (χ0) is 20.7. The van der Waals surface area contributed by atoms with Gasteiger partial charge in [-0.3, -0.25) is 9.10 Å². The summed E-state index contributed by atoms with van der Waals surface area (Å²) in [5.41, 5.74) is 1.36. The van der Waals surface area contributed by atoms with Crippen LogP contribution in [0, 0.1) is 6.92 Å². The number of sulfonamides is 1. The number of hydrogen-bond donors (Lipinski definition) is 1. The maximum Gasteiger partial charge on any atom is 0.241 e. The molecule has 0 saturated carbocycles. The number of anilines is 1. The lowest BCUT2D eigenvalue weighted by atomic mass is 10.2. The predicted octanol–water partition coefficient (Wildman–Crippen LogP) is 2.35. The highest BCUT2D eigenvalue weighted by Crippen LogP contribution is 2.23. The minimum Gasteiger partial charge on any atom is -0.497 e. The normalized spacial score (nSPS) is 12.1. The van der Waals surface area contributed by atoms with Gasteiger partial charge in [0.25, 0.3) is 0 Å². The summed E-state index contributed by atoms with van der Waals surface area (Å²) >= 11 is 0. The Morgan fingerprint density at radius 3 is 2.54 bits per heavy atom. The number of aryl methyl sites for hydroxylation is 1. The van der Waals surface area contributed by atoms with E-state index in [4.69, 9.17) is 9.47 Å². The number of nitrogens with one attached hydrogen (secondary N) is 1. The Hall–Kier alpha value is -2.74. The number of amides is 1. The molecule has 0 aliphatic carbocycles. The van der Waals surface area contributed by atoms with Gasteiger partial charge in [-0.15, -0.1) is 0 Å². The Balaban J connectivity index is 2.00. The van der Waals surface area contributed by atoms with Crippen molar-refractivity contribution in [2.75, 3.05) is 30.8 Å². The first-order valence-corrected chi connectivity index (χ1v) is 10.6. The van der Waals surface area contributed by atoms with Gasteiger partial charge in [-0.1, -0.05) is 24.3 Å². The number of rotatable bonds is 9. The lowest BCUT2D eigenvalue weighted by Crippen LogP contribution is -2.44. The fourth-order valence-corrected chi connectivity index (χ4v) is 3.44. The summed E-state index contributed by atoms with van der Waals surface area (Å²) in [6, 6.07) is 13.9. The van der Waals surface area contributed by atoms with Crippen molar-refractivity contribution in [1.29, 1.82) is 0 Å². The smallest absolute Gasteiger partial charge is 0.241 e. The molecule has 0 saturated heterocycles. The molecule has 0 spiro atoms. The van der Waals surface area contributed by atoms with Crippen molar-refractivity contribution in [3.05, 3.63) is 54.1 Å². The van der Waals surface area contributed by atoms with E-state index in [9.17, 15) is 13.2 Å². The molecule has 0 bridgehead atoms. The van der Waals surface area contributed by atoms with Gasteiger partial charge in [-0.05, 0) is 37.6 Å². The largest absolute Gasteiger partial charge is 0.497 e. The molecule has 1 N–H and O–H groups in total. The molecular formula is C20H26N2O5S. The van der Waals surface area contributed by atoms with E-state index in [1.807, 2.05) is 31.2 Å². The summed E-state index contributed by atoms with van der Waals surface area (Å²) in [5, 5.41) is 2.77. The summed E-state index contributed by atoms with van der Waals surface area (Å²) in [6.45, 7) is 3.68. The Labute approximate surface area is 166 Å². The van der Waals surface area contributed by atoms with Crippen LogP contribution in [0.4, 0.5) is 5.69 Å². The monoisotopic (exact) mass is 406 g/mol. The van der Waals surface area contributed by atoms with Crippen LogP contribution in [0.2, 0.25) is 0 Å². The Kier molecular flexibility index (Phi) is 7.28. The number of ether oxygens (including phenoxy) is 2. The summed E-state index contributed by atoms with van der Waals surface area (Å²) in [7, 11) is -2.16. The van der Waals surface area contributed by atoms with Gasteiger partial charge in [0.1, 0.15) is 24.7 Å². The van der Waals surface area contributed by atoms with Crippen LogP contribution in [0.5, 0.6) is 11.5 Å². The highest BCUT2D eigenvalue weighted by atomic mass is 32.2. The molecule has 1 unspecified atom stereocenters. The summed E-state index contributed by atoms with van der Waals surface area (Å²) in [5.74, 6) is 0.832. The van der Waals surface area contributed by atoms with Crippen molar-refractivity contribution in [3.8, 4) is 11.5 Å². The van der Waals surface area contributed by atoms with Crippen molar-refractivity contribution in [1.82, 2.24) is 5.32 Å². The first-order valence-electron chi connectivity index (χ1n) is 8.80. The van der Waals surface area contributed by atoms with Crippen LogP contribution in [0.3, 0.4) is 0 Å². The minimum absolute atomic E-state index is 0.272. The van der Waals surface area contributed by atoms with Crippen molar-refractivity contribution in [3.63, 3.8) is 0 Å². The number of methoxy groups -OCH3 is 1. The van der Waals surface area contributed by atoms with Gasteiger partial charge < -0.3 is 14.8 Å². The van der Waals surface area contributed by atoms with E-state index in [0.717, 1.165) is 21.9 Å². The van der Waals surface area contributed by atoms with E-state index in [2.05, 4.69) is 5.32 Å². The van der Waals surface area contributed by atoms with Crippen LogP contribution in [0.15, 0.2) is 48.5 Å². The average molecular weight is 407 g/mol. The van der Waals surface area contributed by atoms with Crippen molar-refractivity contribution in [2.24, 2.45) is 0 Å². The van der Waals surface area contributed by atoms with Crippen LogP contribution in [-0.4, -0.2) is 46.9 Å². The Morgan fingerprint density at radius 2 is 1.89 bits per heavy atom. The predicted molar refractivity (Wildman–Crippen MR) is 109 cm³/mol. The molecule has 1 atom stereocenters. The fraction of sp³-hybridized carbons (Fsp3) is 0.350. The quantitative estimate of drug-likeness (QED) is 0.691. The van der Waals surface area contributed by atoms with Crippen molar-refractivity contribution in [2.45, 2.75) is 19.9 Å². The zero-order valence-corrected chi connectivity index (χ0v) is 17.3. The van der Waals surface area contributed by atoms with E-state index in [-0.39, 0.29) is 19.2 Å². The highest BCUT2D eigenvalue weighted by Gasteiger charge is 2.22. The molecule has 0 aliphatic heterocycles. The highest BCUT2D eigenvalue weighted by molar-refractivity contribution is 7.92. The molecular weight excluding hydrogens is 380 g/mol. The Morgan fingerprint density at radius 1 is 1.18 bits per heavy atom. The molecule has 0 fully saturated rings. The number of para-hydroxylation sites is 1. The maximum atomic E-state index is 12.4. The maximum absolute atomic E-state index is 12.4. The van der Waals surface area contributed by atoms with Crippen molar-refractivity contribution >= 4 is 21.6 Å². The standard InChI is InChI=1S/C20H26N2O5S/c1-15-8-5-6-11-19(15)27-14-16(2)21-20(23)13-22(28(4,24)25)17-9-7-10-18(12-17)26-3/h5-12,16H,13-14H2,1-4H3,(H,21,23). The molecule has 0 heterocycles. The number of hydrogen-bond acceptors (Lipinski definition) is 5. The molecule has 0 aliphatic rings. The second kappa shape index (κ2) is 9.45. The third-order valence-corrected chi connectivity index (χ3v) is 5.16. The second-order valence-electron chi connectivity index (χ2n) is 6.52. The van der Waals surface area contributed by atoms with E-state index in [1.54, 1.807) is 31.2 Å². The average Bonchev–Trinajstić information content (AvgIpc) is 2.64. The van der Waals surface area contributed by atoms with Gasteiger partial charge in [0, 0.05) is 6.07 Å². The third-order valence-electron chi connectivity index (χ3n) is 4.02. The number of carbonyl (C=O) groups excluding carboxylic acids is 1. The van der Waals surface area contributed by atoms with Gasteiger partial charge in [0.15, 0.2) is 0 Å². The van der Waals surface area contributed by atoms with E-state index in [1.165, 1.54) is 7.11 Å². The fourth-order valence-electron chi connectivity index (χ4n) is 2.59. The van der Waals surface area contributed by atoms with E-state index in [0.29, 0.717) is 11.4 Å². The number of carbonyl (C=O) groups is 1. The molecule has 1 amide bonds. The first kappa shape index (κ1) is 21.6. The number of nitrogens with zero attached hydrogens (tertiary/aromatic N) is 1. The second-order valence-corrected chi connectivity index (χ2v) is 8.42. The molecule has 2 aromatic rings.